The molecule has 0 radical (unpaired) electrons. The maximum atomic E-state index is 13.5. The van der Waals surface area contributed by atoms with Crippen LogP contribution >= 0.6 is 0 Å². The van der Waals surface area contributed by atoms with E-state index < -0.39 is 11.6 Å². The molecular weight excluding hydrogens is 222 g/mol. The summed E-state index contributed by atoms with van der Waals surface area (Å²) in [6, 6.07) is 6.41. The minimum absolute atomic E-state index is 0.186. The second-order valence-electron chi connectivity index (χ2n) is 4.19. The third kappa shape index (κ3) is 3.79. The van der Waals surface area contributed by atoms with E-state index in [1.54, 1.807) is 6.07 Å². The molecule has 0 aliphatic carbocycles. The van der Waals surface area contributed by atoms with Crippen LogP contribution in [0.4, 0.5) is 8.78 Å². The molecule has 0 saturated carbocycles. The number of hydrogen-bond acceptors (Lipinski definition) is 2. The van der Waals surface area contributed by atoms with Crippen LogP contribution in [0.5, 0.6) is 0 Å². The number of hydrogen-bond donors (Lipinski definition) is 0. The Hall–Kier alpha value is -1.47. The predicted octanol–water partition coefficient (Wildman–Crippen LogP) is 3.09. The molecule has 1 aromatic carbocycles. The molecule has 0 fully saturated rings. The molecule has 4 heteroatoms. The van der Waals surface area contributed by atoms with E-state index in [0.29, 0.717) is 25.1 Å². The highest BCUT2D eigenvalue weighted by Gasteiger charge is 2.14. The predicted molar refractivity (Wildman–Crippen MR) is 62.1 cm³/mol. The van der Waals surface area contributed by atoms with Crippen molar-refractivity contribution >= 4 is 0 Å². The number of rotatable bonds is 5. The lowest BCUT2D eigenvalue weighted by Crippen LogP contribution is -2.31. The first-order valence-corrected chi connectivity index (χ1v) is 5.60. The van der Waals surface area contributed by atoms with Crippen LogP contribution in [0.2, 0.25) is 0 Å². The number of halogens is 2. The largest absolute Gasteiger partial charge is 0.296 e. The molecule has 0 amide bonds. The standard InChI is InChI=1S/C13H16F2N2/c1-10(2)17(8-4-7-16)9-11-5-3-6-12(14)13(11)15/h3,5-6,10H,4,8-9H2,1-2H3. The van der Waals surface area contributed by atoms with Gasteiger partial charge in [-0.05, 0) is 19.9 Å². The topological polar surface area (TPSA) is 27.0 Å². The molecule has 0 saturated heterocycles. The summed E-state index contributed by atoms with van der Waals surface area (Å²) in [5, 5.41) is 8.55. The highest BCUT2D eigenvalue weighted by molar-refractivity contribution is 5.18. The third-order valence-electron chi connectivity index (χ3n) is 2.65. The minimum Gasteiger partial charge on any atom is -0.296 e. The van der Waals surface area contributed by atoms with Crippen LogP contribution in [0.25, 0.3) is 0 Å². The quantitative estimate of drug-likeness (QED) is 0.788. The summed E-state index contributed by atoms with van der Waals surface area (Å²) in [6.45, 7) is 4.82. The normalized spacial score (nSPS) is 10.9. The van der Waals surface area contributed by atoms with E-state index in [-0.39, 0.29) is 6.04 Å². The van der Waals surface area contributed by atoms with Crippen LogP contribution in [-0.4, -0.2) is 17.5 Å². The summed E-state index contributed by atoms with van der Waals surface area (Å²) in [5.74, 6) is -1.62. The zero-order valence-electron chi connectivity index (χ0n) is 10.1. The molecule has 0 heterocycles. The molecule has 0 bridgehead atoms. The van der Waals surface area contributed by atoms with Gasteiger partial charge in [-0.15, -0.1) is 0 Å². The first-order chi connectivity index (χ1) is 8.06. The van der Waals surface area contributed by atoms with Crippen molar-refractivity contribution in [2.24, 2.45) is 0 Å². The van der Waals surface area contributed by atoms with Crippen LogP contribution < -0.4 is 0 Å². The molecular formula is C13H16F2N2. The molecule has 92 valence electrons. The highest BCUT2D eigenvalue weighted by atomic mass is 19.2. The lowest BCUT2D eigenvalue weighted by Gasteiger charge is -2.25. The molecule has 1 rings (SSSR count). The summed E-state index contributed by atoms with van der Waals surface area (Å²) in [5.41, 5.74) is 0.330. The zero-order valence-corrected chi connectivity index (χ0v) is 10.1. The Morgan fingerprint density at radius 3 is 2.65 bits per heavy atom. The van der Waals surface area contributed by atoms with Crippen molar-refractivity contribution in [2.45, 2.75) is 32.9 Å². The van der Waals surface area contributed by atoms with E-state index in [1.165, 1.54) is 6.07 Å². The Balaban J connectivity index is 2.79. The van der Waals surface area contributed by atoms with Crippen molar-refractivity contribution in [2.75, 3.05) is 6.54 Å². The fourth-order valence-corrected chi connectivity index (χ4v) is 1.60. The molecule has 0 unspecified atom stereocenters. The van der Waals surface area contributed by atoms with Crippen LogP contribution in [0.1, 0.15) is 25.8 Å². The van der Waals surface area contributed by atoms with Gasteiger partial charge in [0.05, 0.1) is 6.07 Å². The molecule has 2 nitrogen and oxygen atoms in total. The van der Waals surface area contributed by atoms with Gasteiger partial charge in [0.1, 0.15) is 0 Å². The lowest BCUT2D eigenvalue weighted by molar-refractivity contribution is 0.214. The van der Waals surface area contributed by atoms with E-state index in [0.717, 1.165) is 6.07 Å². The Kier molecular flexibility index (Phi) is 5.05. The zero-order chi connectivity index (χ0) is 12.8. The third-order valence-corrected chi connectivity index (χ3v) is 2.65. The van der Waals surface area contributed by atoms with E-state index in [2.05, 4.69) is 6.07 Å². The van der Waals surface area contributed by atoms with Crippen molar-refractivity contribution in [3.05, 3.63) is 35.4 Å². The minimum atomic E-state index is -0.827. The van der Waals surface area contributed by atoms with Crippen LogP contribution in [0.3, 0.4) is 0 Å². The average molecular weight is 238 g/mol. The molecule has 0 spiro atoms. The fourth-order valence-electron chi connectivity index (χ4n) is 1.60. The molecule has 1 aromatic rings. The van der Waals surface area contributed by atoms with E-state index in [9.17, 15) is 8.78 Å². The van der Waals surface area contributed by atoms with Crippen molar-refractivity contribution in [1.82, 2.24) is 4.90 Å². The Morgan fingerprint density at radius 2 is 2.06 bits per heavy atom. The monoisotopic (exact) mass is 238 g/mol. The van der Waals surface area contributed by atoms with Crippen molar-refractivity contribution in [3.8, 4) is 6.07 Å². The highest BCUT2D eigenvalue weighted by Crippen LogP contribution is 2.15. The lowest BCUT2D eigenvalue weighted by atomic mass is 10.1. The Labute approximate surface area is 100 Å². The fraction of sp³-hybridized carbons (Fsp3) is 0.462. The maximum Gasteiger partial charge on any atom is 0.163 e. The summed E-state index contributed by atoms with van der Waals surface area (Å²) in [4.78, 5) is 1.95. The van der Waals surface area contributed by atoms with Gasteiger partial charge in [-0.2, -0.15) is 5.26 Å². The van der Waals surface area contributed by atoms with Crippen LogP contribution in [0, 0.1) is 23.0 Å². The van der Waals surface area contributed by atoms with E-state index in [4.69, 9.17) is 5.26 Å². The molecule has 17 heavy (non-hydrogen) atoms. The van der Waals surface area contributed by atoms with Gasteiger partial charge >= 0.3 is 0 Å². The summed E-state index contributed by atoms with van der Waals surface area (Å²) in [6.07, 6.45) is 0.384. The van der Waals surface area contributed by atoms with Crippen LogP contribution in [-0.2, 0) is 6.54 Å². The second kappa shape index (κ2) is 6.31. The van der Waals surface area contributed by atoms with Gasteiger partial charge < -0.3 is 0 Å². The van der Waals surface area contributed by atoms with Crippen molar-refractivity contribution in [3.63, 3.8) is 0 Å². The van der Waals surface area contributed by atoms with Gasteiger partial charge in [-0.3, -0.25) is 4.90 Å². The van der Waals surface area contributed by atoms with Gasteiger partial charge in [0.15, 0.2) is 11.6 Å². The first kappa shape index (κ1) is 13.6. The molecule has 0 aliphatic heterocycles. The Morgan fingerprint density at radius 1 is 1.35 bits per heavy atom. The average Bonchev–Trinajstić information content (AvgIpc) is 2.29. The van der Waals surface area contributed by atoms with Crippen LogP contribution in [0.15, 0.2) is 18.2 Å². The first-order valence-electron chi connectivity index (χ1n) is 5.60. The van der Waals surface area contributed by atoms with Gasteiger partial charge in [0.2, 0.25) is 0 Å². The summed E-state index contributed by atoms with van der Waals surface area (Å²) < 4.78 is 26.5. The molecule has 0 atom stereocenters. The van der Waals surface area contributed by atoms with Gasteiger partial charge in [0, 0.05) is 31.1 Å². The SMILES string of the molecule is CC(C)N(CCC#N)Cc1cccc(F)c1F. The van der Waals surface area contributed by atoms with Gasteiger partial charge in [-0.25, -0.2) is 8.78 Å². The Bertz CT molecular complexity index is 410. The molecule has 0 aliphatic rings. The van der Waals surface area contributed by atoms with E-state index >= 15 is 0 Å². The molecule has 0 aromatic heterocycles. The summed E-state index contributed by atoms with van der Waals surface area (Å²) >= 11 is 0. The smallest absolute Gasteiger partial charge is 0.163 e. The van der Waals surface area contributed by atoms with Crippen molar-refractivity contribution in [1.29, 1.82) is 5.26 Å². The summed E-state index contributed by atoms with van der Waals surface area (Å²) in [7, 11) is 0. The maximum absolute atomic E-state index is 13.5. The van der Waals surface area contributed by atoms with Gasteiger partial charge in [0.25, 0.3) is 0 Å². The second-order valence-corrected chi connectivity index (χ2v) is 4.19. The molecule has 0 N–H and O–H groups in total. The van der Waals surface area contributed by atoms with E-state index in [1.807, 2.05) is 18.7 Å². The number of nitrogens with zero attached hydrogens (tertiary/aromatic N) is 2. The number of benzene rings is 1. The van der Waals surface area contributed by atoms with Gasteiger partial charge in [-0.1, -0.05) is 12.1 Å². The number of nitriles is 1. The van der Waals surface area contributed by atoms with Crippen molar-refractivity contribution < 1.29 is 8.78 Å².